The number of aromatic nitrogens is 3. The molecule has 0 saturated carbocycles. The van der Waals surface area contributed by atoms with Gasteiger partial charge in [0.2, 0.25) is 0 Å². The third-order valence-electron chi connectivity index (χ3n) is 6.28. The minimum absolute atomic E-state index is 0.211. The lowest BCUT2D eigenvalue weighted by atomic mass is 9.93. The van der Waals surface area contributed by atoms with Gasteiger partial charge in [0.1, 0.15) is 18.1 Å². The molecule has 2 amide bonds. The van der Waals surface area contributed by atoms with Crippen molar-refractivity contribution in [3.63, 3.8) is 0 Å². The minimum Gasteiger partial charge on any atom is -0.492 e. The van der Waals surface area contributed by atoms with Crippen LogP contribution < -0.4 is 15.4 Å². The molecule has 1 aliphatic rings. The van der Waals surface area contributed by atoms with E-state index in [0.29, 0.717) is 23.0 Å². The Morgan fingerprint density at radius 1 is 1.12 bits per heavy atom. The quantitative estimate of drug-likeness (QED) is 0.255. The van der Waals surface area contributed by atoms with Gasteiger partial charge in [-0.3, -0.25) is 14.6 Å². The first-order valence-corrected chi connectivity index (χ1v) is 13.6. The van der Waals surface area contributed by atoms with E-state index in [0.717, 1.165) is 26.4 Å². The van der Waals surface area contributed by atoms with Gasteiger partial charge in [0.15, 0.2) is 10.8 Å². The van der Waals surface area contributed by atoms with Crippen molar-refractivity contribution in [2.24, 2.45) is 0 Å². The molecule has 5 aromatic rings. The molecule has 4 atom stereocenters. The van der Waals surface area contributed by atoms with Crippen LogP contribution in [0.5, 0.6) is 5.75 Å². The number of benzene rings is 2. The van der Waals surface area contributed by atoms with E-state index in [4.69, 9.17) is 24.5 Å². The minimum atomic E-state index is -1.18. The number of morpholine rings is 1. The molecule has 0 radical (unpaired) electrons. The molecule has 0 bridgehead atoms. The van der Waals surface area contributed by atoms with E-state index in [9.17, 15) is 4.79 Å². The highest BCUT2D eigenvalue weighted by Gasteiger charge is 2.20. The summed E-state index contributed by atoms with van der Waals surface area (Å²) in [6, 6.07) is 14.4. The Kier molecular flexibility index (Phi) is 5.96. The Morgan fingerprint density at radius 3 is 2.67 bits per heavy atom. The monoisotopic (exact) mass is 564 g/mol. The Balaban J connectivity index is 1.07. The molecule has 0 aliphatic carbocycles. The van der Waals surface area contributed by atoms with Gasteiger partial charge in [-0.15, -0.1) is 0 Å². The number of anilines is 2. The van der Waals surface area contributed by atoms with Crippen LogP contribution in [0.4, 0.5) is 16.3 Å². The molecule has 4 heterocycles. The number of fused-ring (bicyclic) bond motifs is 3. The van der Waals surface area contributed by atoms with Crippen LogP contribution in [0.3, 0.4) is 0 Å². The molecule has 6 rings (SSSR count). The molecule has 3 aromatic heterocycles. The van der Waals surface area contributed by atoms with E-state index in [1.807, 2.05) is 73.8 Å². The maximum atomic E-state index is 12.4. The number of nitrogens with one attached hydrogen (secondary N) is 2. The zero-order valence-electron chi connectivity index (χ0n) is 26.2. The molecule has 1 fully saturated rings. The summed E-state index contributed by atoms with van der Waals surface area (Å²) in [5.41, 5.74) is 3.09. The second-order valence-corrected chi connectivity index (χ2v) is 11.3. The second-order valence-electron chi connectivity index (χ2n) is 10.3. The third kappa shape index (κ3) is 5.81. The van der Waals surface area contributed by atoms with Crippen LogP contribution in [0, 0.1) is 0 Å². The predicted octanol–water partition coefficient (Wildman–Crippen LogP) is 5.86. The molecule has 1 aliphatic heterocycles. The number of hydrogen-bond acceptors (Lipinski definition) is 8. The van der Waals surface area contributed by atoms with Crippen LogP contribution in [-0.2, 0) is 10.2 Å². The first kappa shape index (κ1) is 21.8. The lowest BCUT2D eigenvalue weighted by Crippen LogP contribution is -2.38. The third-order valence-corrected chi connectivity index (χ3v) is 7.29. The standard InChI is InChI=1S/C29H32N6O4S/c1-29(2,3)25-17-26(33-39-25)32-27(36)30-20-6-4-19(5-7-20)22-18-35-23-9-8-21(16-24(23)40-28(35)31-22)38-15-12-34-10-13-37-14-11-34/h4-9,16-18H,10-15H2,1-3H3,(H2,30,32,33,36)/i10D,11D,13D,14D. The van der Waals surface area contributed by atoms with Crippen molar-refractivity contribution in [1.29, 1.82) is 0 Å². The highest BCUT2D eigenvalue weighted by molar-refractivity contribution is 7.23. The Morgan fingerprint density at radius 2 is 1.93 bits per heavy atom. The average molecular weight is 565 g/mol. The van der Waals surface area contributed by atoms with Gasteiger partial charge in [-0.05, 0) is 30.3 Å². The summed E-state index contributed by atoms with van der Waals surface area (Å²) in [4.78, 5) is 19.5. The van der Waals surface area contributed by atoms with E-state index in [-0.39, 0.29) is 18.6 Å². The molecular formula is C29H32N6O4S. The van der Waals surface area contributed by atoms with Crippen LogP contribution in [0.2, 0.25) is 0 Å². The van der Waals surface area contributed by atoms with Crippen LogP contribution in [-0.4, -0.2) is 64.8 Å². The van der Waals surface area contributed by atoms with Crippen molar-refractivity contribution in [1.82, 2.24) is 19.4 Å². The molecule has 40 heavy (non-hydrogen) atoms. The van der Waals surface area contributed by atoms with Crippen molar-refractivity contribution in [3.05, 3.63) is 60.5 Å². The topological polar surface area (TPSA) is 106 Å². The molecule has 2 aromatic carbocycles. The summed E-state index contributed by atoms with van der Waals surface area (Å²) in [5, 5.41) is 9.39. The fraction of sp³-hybridized carbons (Fsp3) is 0.345. The van der Waals surface area contributed by atoms with E-state index < -0.39 is 32.2 Å². The lowest BCUT2D eigenvalue weighted by Gasteiger charge is -2.26. The normalized spacial score (nSPS) is 23.4. The van der Waals surface area contributed by atoms with Crippen molar-refractivity contribution < 1.29 is 24.3 Å². The fourth-order valence-corrected chi connectivity index (χ4v) is 5.18. The number of urea groups is 1. The average Bonchev–Trinajstić information content (AvgIpc) is 3.69. The highest BCUT2D eigenvalue weighted by atomic mass is 32.1. The van der Waals surface area contributed by atoms with Gasteiger partial charge in [-0.2, -0.15) is 0 Å². The van der Waals surface area contributed by atoms with E-state index in [1.165, 1.54) is 16.2 Å². The van der Waals surface area contributed by atoms with Gasteiger partial charge < -0.3 is 19.3 Å². The van der Waals surface area contributed by atoms with Crippen molar-refractivity contribution in [2.45, 2.75) is 26.2 Å². The zero-order chi connectivity index (χ0) is 31.2. The summed E-state index contributed by atoms with van der Waals surface area (Å²) >= 11 is 1.53. The summed E-state index contributed by atoms with van der Waals surface area (Å²) in [5.74, 6) is 1.67. The van der Waals surface area contributed by atoms with E-state index >= 15 is 0 Å². The smallest absolute Gasteiger partial charge is 0.324 e. The van der Waals surface area contributed by atoms with Gasteiger partial charge in [-0.25, -0.2) is 9.78 Å². The maximum Gasteiger partial charge on any atom is 0.324 e. The first-order valence-electron chi connectivity index (χ1n) is 15.1. The van der Waals surface area contributed by atoms with Crippen molar-refractivity contribution in [2.75, 3.05) is 50.0 Å². The number of amides is 2. The van der Waals surface area contributed by atoms with E-state index in [2.05, 4.69) is 15.8 Å². The second kappa shape index (κ2) is 10.9. The largest absolute Gasteiger partial charge is 0.492 e. The SMILES string of the molecule is [2H]C1OC([2H])C([2H])N(CCOc2ccc3c(c2)sc2nc(-c4ccc(NC(=O)Nc5cc(C(C)(C)C)on5)cc4)cn23)C1[2H]. The number of nitrogens with zero attached hydrogens (tertiary/aromatic N) is 4. The maximum absolute atomic E-state index is 12.4. The van der Waals surface area contributed by atoms with Gasteiger partial charge in [-0.1, -0.05) is 49.4 Å². The summed E-state index contributed by atoms with van der Waals surface area (Å²) in [6.07, 6.45) is 1.97. The highest BCUT2D eigenvalue weighted by Crippen LogP contribution is 2.32. The molecular weight excluding hydrogens is 528 g/mol. The summed E-state index contributed by atoms with van der Waals surface area (Å²) < 4.78 is 51.0. The summed E-state index contributed by atoms with van der Waals surface area (Å²) in [7, 11) is 0. The van der Waals surface area contributed by atoms with Crippen LogP contribution in [0.15, 0.2) is 59.3 Å². The van der Waals surface area contributed by atoms with E-state index in [1.54, 1.807) is 6.07 Å². The number of carbonyl (C=O) groups excluding carboxylic acids is 1. The number of imidazole rings is 1. The van der Waals surface area contributed by atoms with Gasteiger partial charge in [0.05, 0.1) is 31.8 Å². The van der Waals surface area contributed by atoms with Crippen LogP contribution in [0.25, 0.3) is 26.4 Å². The molecule has 208 valence electrons. The fourth-order valence-electron chi connectivity index (χ4n) is 4.14. The lowest BCUT2D eigenvalue weighted by molar-refractivity contribution is 0.0322. The first-order chi connectivity index (χ1) is 21.0. The molecule has 1 saturated heterocycles. The van der Waals surface area contributed by atoms with Crippen molar-refractivity contribution in [3.8, 4) is 17.0 Å². The van der Waals surface area contributed by atoms with Gasteiger partial charge in [0, 0.05) is 51.3 Å². The molecule has 0 spiro atoms. The van der Waals surface area contributed by atoms with Crippen LogP contribution >= 0.6 is 11.3 Å². The van der Waals surface area contributed by atoms with Gasteiger partial charge in [0.25, 0.3) is 0 Å². The zero-order valence-corrected chi connectivity index (χ0v) is 23.1. The van der Waals surface area contributed by atoms with Crippen molar-refractivity contribution >= 4 is 44.1 Å². The number of thiazole rings is 1. The number of ether oxygens (including phenoxy) is 2. The Labute approximate surface area is 241 Å². The molecule has 2 N–H and O–H groups in total. The molecule has 10 nitrogen and oxygen atoms in total. The van der Waals surface area contributed by atoms with Gasteiger partial charge >= 0.3 is 6.03 Å². The number of carbonyl (C=O) groups is 1. The number of rotatable bonds is 7. The number of hydrogen-bond donors (Lipinski definition) is 2. The van der Waals surface area contributed by atoms with Crippen LogP contribution in [0.1, 0.15) is 32.0 Å². The predicted molar refractivity (Wildman–Crippen MR) is 157 cm³/mol. The Bertz CT molecular complexity index is 1770. The summed E-state index contributed by atoms with van der Waals surface area (Å²) in [6.45, 7) is 2.02. The Hall–Kier alpha value is -3.93. The molecule has 4 unspecified atom stereocenters. The molecule has 11 heteroatoms.